The van der Waals surface area contributed by atoms with Gasteiger partial charge in [-0.1, -0.05) is 72.8 Å². The quantitative estimate of drug-likeness (QED) is 0.314. The summed E-state index contributed by atoms with van der Waals surface area (Å²) in [6.07, 6.45) is 4.12. The monoisotopic (exact) mass is 489 g/mol. The minimum absolute atomic E-state index is 0.0528. The summed E-state index contributed by atoms with van der Waals surface area (Å²) < 4.78 is 13.2. The highest BCUT2D eigenvalue weighted by Crippen LogP contribution is 2.38. The molecule has 0 spiro atoms. The molecule has 0 saturated carbocycles. The maximum Gasteiger partial charge on any atom is 0.231 e. The molecule has 0 bridgehead atoms. The summed E-state index contributed by atoms with van der Waals surface area (Å²) in [5.74, 6) is 1.12. The number of aryl methyl sites for hydroxylation is 1. The summed E-state index contributed by atoms with van der Waals surface area (Å²) >= 11 is 0. The van der Waals surface area contributed by atoms with Gasteiger partial charge in [-0.25, -0.2) is 4.98 Å². The Morgan fingerprint density at radius 1 is 0.892 bits per heavy atom. The number of nitrogens with zero attached hydrogens (tertiary/aromatic N) is 2. The number of carbonyl (C=O) groups excluding carboxylic acids is 1. The predicted molar refractivity (Wildman–Crippen MR) is 142 cm³/mol. The van der Waals surface area contributed by atoms with Crippen LogP contribution in [-0.4, -0.2) is 22.1 Å². The van der Waals surface area contributed by atoms with Crippen molar-refractivity contribution in [2.24, 2.45) is 0 Å². The number of rotatable bonds is 7. The Bertz CT molecular complexity index is 1510. The van der Waals surface area contributed by atoms with Gasteiger partial charge in [-0.3, -0.25) is 4.79 Å². The molecule has 37 heavy (non-hydrogen) atoms. The standard InChI is InChI=1S/C31H27N3O3/c1-21-9-8-16-34-26(19-32-31(21)34)25(24-14-15-27-28(17-24)37-20-36-27)18-29(35)33-30(22-10-4-2-5-11-22)23-12-6-3-7-13-23/h2-17,19,25,30H,18,20H2,1H3,(H,33,35)/t25-/m0/s1. The number of aromatic nitrogens is 2. The summed E-state index contributed by atoms with van der Waals surface area (Å²) in [5, 5.41) is 3.30. The molecule has 1 amide bonds. The molecular weight excluding hydrogens is 462 g/mol. The molecule has 6 heteroatoms. The molecule has 0 fully saturated rings. The third kappa shape index (κ3) is 4.54. The molecule has 0 radical (unpaired) electrons. The topological polar surface area (TPSA) is 64.9 Å². The highest BCUT2D eigenvalue weighted by atomic mass is 16.7. The van der Waals surface area contributed by atoms with Crippen LogP contribution in [0.15, 0.2) is 103 Å². The van der Waals surface area contributed by atoms with Crippen LogP contribution in [0.5, 0.6) is 11.5 Å². The fourth-order valence-electron chi connectivity index (χ4n) is 5.01. The van der Waals surface area contributed by atoms with E-state index in [9.17, 15) is 4.79 Å². The van der Waals surface area contributed by atoms with Gasteiger partial charge in [-0.05, 0) is 47.4 Å². The second-order valence-corrected chi connectivity index (χ2v) is 9.26. The number of fused-ring (bicyclic) bond motifs is 2. The summed E-state index contributed by atoms with van der Waals surface area (Å²) in [5.41, 5.74) is 5.95. The number of carbonyl (C=O) groups is 1. The van der Waals surface area contributed by atoms with Crippen LogP contribution in [0.4, 0.5) is 0 Å². The van der Waals surface area contributed by atoms with Gasteiger partial charge in [0.15, 0.2) is 11.5 Å². The number of ether oxygens (including phenoxy) is 2. The largest absolute Gasteiger partial charge is 0.454 e. The van der Waals surface area contributed by atoms with Crippen LogP contribution in [0, 0.1) is 6.92 Å². The summed E-state index contributed by atoms with van der Waals surface area (Å²) in [7, 11) is 0. The Hall–Kier alpha value is -4.58. The van der Waals surface area contributed by atoms with Crippen LogP contribution in [0.3, 0.4) is 0 Å². The van der Waals surface area contributed by atoms with Crippen molar-refractivity contribution in [3.63, 3.8) is 0 Å². The van der Waals surface area contributed by atoms with Gasteiger partial charge in [0.1, 0.15) is 5.65 Å². The summed E-state index contributed by atoms with van der Waals surface area (Å²) in [6, 6.07) is 29.8. The third-order valence-electron chi connectivity index (χ3n) is 6.88. The Balaban J connectivity index is 1.36. The number of imidazole rings is 1. The van der Waals surface area contributed by atoms with E-state index in [1.807, 2.05) is 110 Å². The van der Waals surface area contributed by atoms with E-state index < -0.39 is 0 Å². The van der Waals surface area contributed by atoms with Crippen LogP contribution >= 0.6 is 0 Å². The average Bonchev–Trinajstić information content (AvgIpc) is 3.59. The van der Waals surface area contributed by atoms with E-state index in [2.05, 4.69) is 14.7 Å². The van der Waals surface area contributed by atoms with Gasteiger partial charge in [-0.15, -0.1) is 0 Å². The van der Waals surface area contributed by atoms with E-state index in [4.69, 9.17) is 9.47 Å². The SMILES string of the molecule is Cc1cccn2c([C@@H](CC(=O)NC(c3ccccc3)c3ccccc3)c3ccc4c(c3)OCO4)cnc12. The van der Waals surface area contributed by atoms with Gasteiger partial charge in [0, 0.05) is 24.7 Å². The molecule has 5 aromatic rings. The first kappa shape index (κ1) is 22.9. The van der Waals surface area contributed by atoms with Crippen LogP contribution in [0.2, 0.25) is 0 Å². The van der Waals surface area contributed by atoms with E-state index in [0.29, 0.717) is 11.5 Å². The van der Waals surface area contributed by atoms with Crippen molar-refractivity contribution in [2.75, 3.05) is 6.79 Å². The molecule has 3 aromatic carbocycles. The molecule has 0 saturated heterocycles. The van der Waals surface area contributed by atoms with E-state index >= 15 is 0 Å². The molecule has 6 rings (SSSR count). The first-order valence-electron chi connectivity index (χ1n) is 12.4. The lowest BCUT2D eigenvalue weighted by atomic mass is 9.91. The zero-order valence-corrected chi connectivity index (χ0v) is 20.5. The van der Waals surface area contributed by atoms with Crippen molar-refractivity contribution in [1.82, 2.24) is 14.7 Å². The fourth-order valence-corrected chi connectivity index (χ4v) is 5.01. The van der Waals surface area contributed by atoms with Crippen molar-refractivity contribution >= 4 is 11.6 Å². The van der Waals surface area contributed by atoms with Crippen LogP contribution < -0.4 is 14.8 Å². The average molecular weight is 490 g/mol. The molecule has 1 aliphatic heterocycles. The fraction of sp³-hybridized carbons (Fsp3) is 0.161. The first-order valence-corrected chi connectivity index (χ1v) is 12.4. The van der Waals surface area contributed by atoms with Crippen molar-refractivity contribution in [2.45, 2.75) is 25.3 Å². The Morgan fingerprint density at radius 2 is 1.59 bits per heavy atom. The first-order chi connectivity index (χ1) is 18.2. The van der Waals surface area contributed by atoms with E-state index in [0.717, 1.165) is 33.6 Å². The van der Waals surface area contributed by atoms with Gasteiger partial charge in [0.2, 0.25) is 12.7 Å². The Labute approximate surface area is 215 Å². The number of amides is 1. The number of hydrogen-bond donors (Lipinski definition) is 1. The molecule has 2 aromatic heterocycles. The van der Waals surface area contributed by atoms with E-state index in [1.165, 1.54) is 0 Å². The lowest BCUT2D eigenvalue weighted by molar-refractivity contribution is -0.121. The minimum atomic E-state index is -0.253. The molecule has 184 valence electrons. The second-order valence-electron chi connectivity index (χ2n) is 9.26. The van der Waals surface area contributed by atoms with Gasteiger partial charge in [-0.2, -0.15) is 0 Å². The molecule has 1 atom stereocenters. The summed E-state index contributed by atoms with van der Waals surface area (Å²) in [4.78, 5) is 18.4. The lowest BCUT2D eigenvalue weighted by Gasteiger charge is -2.23. The maximum absolute atomic E-state index is 13.7. The number of nitrogens with one attached hydrogen (secondary N) is 1. The van der Waals surface area contributed by atoms with Crippen LogP contribution in [0.1, 0.15) is 46.3 Å². The highest BCUT2D eigenvalue weighted by Gasteiger charge is 2.26. The van der Waals surface area contributed by atoms with Crippen molar-refractivity contribution in [1.29, 1.82) is 0 Å². The molecule has 6 nitrogen and oxygen atoms in total. The van der Waals surface area contributed by atoms with Crippen molar-refractivity contribution in [3.05, 3.63) is 131 Å². The second kappa shape index (κ2) is 9.82. The van der Waals surface area contributed by atoms with Crippen LogP contribution in [0.25, 0.3) is 5.65 Å². The molecule has 0 unspecified atom stereocenters. The van der Waals surface area contributed by atoms with Gasteiger partial charge >= 0.3 is 0 Å². The molecular formula is C31H27N3O3. The zero-order valence-electron chi connectivity index (χ0n) is 20.5. The minimum Gasteiger partial charge on any atom is -0.454 e. The zero-order chi connectivity index (χ0) is 25.2. The summed E-state index contributed by atoms with van der Waals surface area (Å²) in [6.45, 7) is 2.24. The maximum atomic E-state index is 13.7. The van der Waals surface area contributed by atoms with E-state index in [1.54, 1.807) is 0 Å². The van der Waals surface area contributed by atoms with Gasteiger partial charge in [0.25, 0.3) is 0 Å². The Morgan fingerprint density at radius 3 is 2.32 bits per heavy atom. The van der Waals surface area contributed by atoms with Gasteiger partial charge in [0.05, 0.1) is 11.7 Å². The van der Waals surface area contributed by atoms with Crippen molar-refractivity contribution < 1.29 is 14.3 Å². The number of hydrogen-bond acceptors (Lipinski definition) is 4. The predicted octanol–water partition coefficient (Wildman–Crippen LogP) is 5.80. The number of benzene rings is 3. The lowest BCUT2D eigenvalue weighted by Crippen LogP contribution is -2.30. The smallest absolute Gasteiger partial charge is 0.231 e. The molecule has 3 heterocycles. The Kier molecular flexibility index (Phi) is 6.06. The normalized spacial score (nSPS) is 13.1. The van der Waals surface area contributed by atoms with Gasteiger partial charge < -0.3 is 19.2 Å². The van der Waals surface area contributed by atoms with Crippen LogP contribution in [-0.2, 0) is 4.79 Å². The molecule has 0 aliphatic carbocycles. The van der Waals surface area contributed by atoms with Crippen molar-refractivity contribution in [3.8, 4) is 11.5 Å². The molecule has 1 N–H and O–H groups in total. The number of pyridine rings is 1. The van der Waals surface area contributed by atoms with E-state index in [-0.39, 0.29) is 31.1 Å². The third-order valence-corrected chi connectivity index (χ3v) is 6.88. The molecule has 1 aliphatic rings. The highest BCUT2D eigenvalue weighted by molar-refractivity contribution is 5.78.